The van der Waals surface area contributed by atoms with Crippen LogP contribution >= 0.6 is 0 Å². The van der Waals surface area contributed by atoms with Gasteiger partial charge in [-0.25, -0.2) is 0 Å². The van der Waals surface area contributed by atoms with Crippen molar-refractivity contribution in [1.82, 2.24) is 9.80 Å². The van der Waals surface area contributed by atoms with Crippen molar-refractivity contribution in [2.24, 2.45) is 0 Å². The summed E-state index contributed by atoms with van der Waals surface area (Å²) < 4.78 is 12.8. The highest BCUT2D eigenvalue weighted by atomic mass is 16.5. The normalized spacial score (nSPS) is 17.1. The van der Waals surface area contributed by atoms with E-state index in [9.17, 15) is 4.79 Å². The van der Waals surface area contributed by atoms with Crippen molar-refractivity contribution in [3.63, 3.8) is 0 Å². The Hall–Kier alpha value is -1.69. The van der Waals surface area contributed by atoms with Gasteiger partial charge in [-0.2, -0.15) is 0 Å². The molecule has 0 spiro atoms. The first-order valence-electron chi connectivity index (χ1n) is 21.3. The Balaban J connectivity index is 2.15. The Labute approximate surface area is 311 Å². The van der Waals surface area contributed by atoms with Crippen LogP contribution in [0.4, 0.5) is 0 Å². The van der Waals surface area contributed by atoms with Crippen molar-refractivity contribution < 1.29 is 14.3 Å². The maximum absolute atomic E-state index is 12.2. The third-order valence-electron chi connectivity index (χ3n) is 9.79. The summed E-state index contributed by atoms with van der Waals surface area (Å²) in [6, 6.07) is 0. The third kappa shape index (κ3) is 28.9. The van der Waals surface area contributed by atoms with Crippen LogP contribution in [0.1, 0.15) is 174 Å². The quantitative estimate of drug-likeness (QED) is 0.0488. The minimum atomic E-state index is 0.118. The lowest BCUT2D eigenvalue weighted by Crippen LogP contribution is -2.30. The Bertz CT molecular complexity index is 806. The van der Waals surface area contributed by atoms with Crippen LogP contribution in [0.25, 0.3) is 0 Å². The average molecular weight is 699 g/mol. The Kier molecular flexibility index (Phi) is 33.1. The molecule has 5 heteroatoms. The number of rotatable bonds is 35. The lowest BCUT2D eigenvalue weighted by molar-refractivity contribution is -0.129. The number of hydrogen-bond donors (Lipinski definition) is 0. The van der Waals surface area contributed by atoms with E-state index in [0.717, 1.165) is 58.5 Å². The van der Waals surface area contributed by atoms with Gasteiger partial charge in [0.25, 0.3) is 0 Å². The smallest absolute Gasteiger partial charge is 0.223 e. The molecule has 0 radical (unpaired) electrons. The molecule has 1 unspecified atom stereocenters. The van der Waals surface area contributed by atoms with Crippen molar-refractivity contribution in [3.05, 3.63) is 48.6 Å². The van der Waals surface area contributed by atoms with E-state index in [4.69, 9.17) is 9.47 Å². The number of nitrogens with zero attached hydrogens (tertiary/aromatic N) is 2. The zero-order chi connectivity index (χ0) is 36.2. The van der Waals surface area contributed by atoms with E-state index in [1.165, 1.54) is 128 Å². The van der Waals surface area contributed by atoms with E-state index in [1.807, 2.05) is 14.1 Å². The van der Waals surface area contributed by atoms with Crippen LogP contribution in [0.5, 0.6) is 0 Å². The molecule has 0 aromatic rings. The molecule has 1 aliphatic heterocycles. The number of amides is 1. The van der Waals surface area contributed by atoms with E-state index in [1.54, 1.807) is 4.90 Å². The van der Waals surface area contributed by atoms with Crippen molar-refractivity contribution in [3.8, 4) is 0 Å². The van der Waals surface area contributed by atoms with Gasteiger partial charge in [0.2, 0.25) is 5.91 Å². The molecule has 5 nitrogen and oxygen atoms in total. The first-order valence-corrected chi connectivity index (χ1v) is 21.3. The standard InChI is InChI=1S/C45H82N2O3/c1-5-7-9-11-13-15-17-19-21-23-25-27-29-31-33-35-39-49-43-41-47(38-37-45(48)46(3)4)42-44(43)50-40-36-34-32-30-28-26-24-22-20-18-16-14-12-10-8-6-2/h13-16,19-22,43-44H,5-12,17-18,23-42H2,1-4H3/b15-13-,16-14-,21-19-,22-20-/t43-,44?/m1/s1. The first kappa shape index (κ1) is 46.3. The number of likely N-dealkylation sites (tertiary alicyclic amines) is 1. The summed E-state index contributed by atoms with van der Waals surface area (Å²) in [6.45, 7) is 8.68. The molecule has 2 atom stereocenters. The Morgan fingerprint density at radius 1 is 0.540 bits per heavy atom. The highest BCUT2D eigenvalue weighted by Crippen LogP contribution is 2.19. The second-order valence-corrected chi connectivity index (χ2v) is 14.8. The molecule has 0 saturated carbocycles. The fourth-order valence-electron chi connectivity index (χ4n) is 6.45. The molecule has 0 aromatic heterocycles. The zero-order valence-corrected chi connectivity index (χ0v) is 33.6. The topological polar surface area (TPSA) is 42.0 Å². The van der Waals surface area contributed by atoms with Gasteiger partial charge in [-0.3, -0.25) is 9.69 Å². The van der Waals surface area contributed by atoms with Crippen LogP contribution < -0.4 is 0 Å². The van der Waals surface area contributed by atoms with Crippen molar-refractivity contribution in [2.45, 2.75) is 187 Å². The molecule has 1 rings (SSSR count). The van der Waals surface area contributed by atoms with Crippen LogP contribution in [-0.4, -0.2) is 74.9 Å². The molecule has 0 aromatic carbocycles. The number of allylic oxidation sites excluding steroid dienone is 8. The van der Waals surface area contributed by atoms with Crippen molar-refractivity contribution >= 4 is 5.91 Å². The second kappa shape index (κ2) is 35.7. The number of carbonyl (C=O) groups is 1. The van der Waals surface area contributed by atoms with Crippen LogP contribution in [0.3, 0.4) is 0 Å². The molecule has 1 heterocycles. The third-order valence-corrected chi connectivity index (χ3v) is 9.79. The van der Waals surface area contributed by atoms with Gasteiger partial charge >= 0.3 is 0 Å². The zero-order valence-electron chi connectivity index (χ0n) is 33.6. The maximum Gasteiger partial charge on any atom is 0.223 e. The molecule has 1 aliphatic rings. The minimum absolute atomic E-state index is 0.118. The molecular formula is C45H82N2O3. The Morgan fingerprint density at radius 2 is 0.900 bits per heavy atom. The molecule has 1 fully saturated rings. The van der Waals surface area contributed by atoms with Crippen LogP contribution in [0.2, 0.25) is 0 Å². The van der Waals surface area contributed by atoms with Gasteiger partial charge in [0, 0.05) is 53.4 Å². The van der Waals surface area contributed by atoms with Gasteiger partial charge in [-0.1, -0.05) is 140 Å². The summed E-state index contributed by atoms with van der Waals surface area (Å²) in [5, 5.41) is 0. The fraction of sp³-hybridized carbons (Fsp3) is 0.800. The van der Waals surface area contributed by atoms with Gasteiger partial charge < -0.3 is 14.4 Å². The van der Waals surface area contributed by atoms with Gasteiger partial charge in [-0.15, -0.1) is 0 Å². The van der Waals surface area contributed by atoms with Gasteiger partial charge in [0.15, 0.2) is 0 Å². The number of ether oxygens (including phenoxy) is 2. The van der Waals surface area contributed by atoms with E-state index >= 15 is 0 Å². The first-order chi connectivity index (χ1) is 24.6. The van der Waals surface area contributed by atoms with E-state index in [2.05, 4.69) is 67.4 Å². The summed E-state index contributed by atoms with van der Waals surface area (Å²) in [7, 11) is 3.67. The summed E-state index contributed by atoms with van der Waals surface area (Å²) in [5.74, 6) is 0.189. The maximum atomic E-state index is 12.2. The number of carbonyl (C=O) groups excluding carboxylic acids is 1. The number of hydrogen-bond acceptors (Lipinski definition) is 4. The molecule has 1 saturated heterocycles. The monoisotopic (exact) mass is 699 g/mol. The van der Waals surface area contributed by atoms with Crippen molar-refractivity contribution in [2.75, 3.05) is 46.9 Å². The van der Waals surface area contributed by atoms with Crippen LogP contribution in [0, 0.1) is 0 Å². The van der Waals surface area contributed by atoms with Gasteiger partial charge in [0.05, 0.1) is 12.2 Å². The molecule has 1 amide bonds. The van der Waals surface area contributed by atoms with Crippen LogP contribution in [0.15, 0.2) is 48.6 Å². The summed E-state index contributed by atoms with van der Waals surface area (Å²) in [4.78, 5) is 16.2. The number of unbranched alkanes of at least 4 members (excludes halogenated alkanes) is 18. The Morgan fingerprint density at radius 3 is 1.28 bits per heavy atom. The second-order valence-electron chi connectivity index (χ2n) is 14.8. The van der Waals surface area contributed by atoms with E-state index in [-0.39, 0.29) is 18.1 Å². The molecule has 0 bridgehead atoms. The van der Waals surface area contributed by atoms with Crippen molar-refractivity contribution in [1.29, 1.82) is 0 Å². The lowest BCUT2D eigenvalue weighted by atomic mass is 10.1. The highest BCUT2D eigenvalue weighted by Gasteiger charge is 2.34. The van der Waals surface area contributed by atoms with E-state index in [0.29, 0.717) is 6.42 Å². The van der Waals surface area contributed by atoms with Crippen LogP contribution in [-0.2, 0) is 14.3 Å². The molecule has 0 aliphatic carbocycles. The summed E-state index contributed by atoms with van der Waals surface area (Å²) >= 11 is 0. The highest BCUT2D eigenvalue weighted by molar-refractivity contribution is 5.75. The SMILES string of the molecule is CCCCC/C=C\C/C=C\CCCCCCCCOC1CN(CCC(=O)N(C)C)C[C@H]1OCCCCCCCC/C=C\C/C=C\CCCCC. The fourth-order valence-corrected chi connectivity index (χ4v) is 6.45. The largest absolute Gasteiger partial charge is 0.374 e. The van der Waals surface area contributed by atoms with Gasteiger partial charge in [0.1, 0.15) is 0 Å². The lowest BCUT2D eigenvalue weighted by Gasteiger charge is -2.20. The molecule has 50 heavy (non-hydrogen) atoms. The summed E-state index contributed by atoms with van der Waals surface area (Å²) in [5.41, 5.74) is 0. The summed E-state index contributed by atoms with van der Waals surface area (Å²) in [6.07, 6.45) is 49.7. The minimum Gasteiger partial charge on any atom is -0.374 e. The van der Waals surface area contributed by atoms with E-state index < -0.39 is 0 Å². The molecule has 0 N–H and O–H groups in total. The predicted molar refractivity (Wildman–Crippen MR) is 218 cm³/mol. The average Bonchev–Trinajstić information content (AvgIpc) is 3.51. The predicted octanol–water partition coefficient (Wildman–Crippen LogP) is 12.2. The molecular weight excluding hydrogens is 617 g/mol. The molecule has 290 valence electrons. The van der Waals surface area contributed by atoms with Gasteiger partial charge in [-0.05, 0) is 77.0 Å².